The first-order valence-electron chi connectivity index (χ1n) is 9.68. The fourth-order valence-electron chi connectivity index (χ4n) is 3.01. The first-order chi connectivity index (χ1) is 16.1. The van der Waals surface area contributed by atoms with Crippen LogP contribution in [0.2, 0.25) is 4.34 Å². The van der Waals surface area contributed by atoms with Crippen LogP contribution in [-0.2, 0) is 10.0 Å². The molecule has 0 amide bonds. The lowest BCUT2D eigenvalue weighted by Crippen LogP contribution is -2.36. The first-order valence-corrected chi connectivity index (χ1v) is 13.2. The van der Waals surface area contributed by atoms with Crippen molar-refractivity contribution in [2.24, 2.45) is 0 Å². The third-order valence-corrected chi connectivity index (χ3v) is 8.85. The van der Waals surface area contributed by atoms with Crippen molar-refractivity contribution in [2.75, 3.05) is 10.6 Å². The summed E-state index contributed by atoms with van der Waals surface area (Å²) in [7, 11) is -4.19. The quantitative estimate of drug-likeness (QED) is 0.0767. The zero-order valence-electron chi connectivity index (χ0n) is 17.4. The molecule has 0 spiro atoms. The van der Waals surface area contributed by atoms with E-state index in [1.165, 1.54) is 25.1 Å². The van der Waals surface area contributed by atoms with E-state index in [1.54, 1.807) is 30.3 Å². The van der Waals surface area contributed by atoms with Gasteiger partial charge in [0.15, 0.2) is 0 Å². The number of aliphatic hydroxyl groups excluding tert-OH is 1. The monoisotopic (exact) mass is 536 g/mol. The smallest absolute Gasteiger partial charge is 0.272 e. The average molecular weight is 537 g/mol. The van der Waals surface area contributed by atoms with Gasteiger partial charge >= 0.3 is 0 Å². The molecule has 3 heterocycles. The molecule has 34 heavy (non-hydrogen) atoms. The molecule has 3 aromatic rings. The Kier molecular flexibility index (Phi) is 6.60. The van der Waals surface area contributed by atoms with Gasteiger partial charge in [-0.05, 0) is 43.3 Å². The number of carbonyl (C=O) groups excluding carboxylic acids is 2. The van der Waals surface area contributed by atoms with Gasteiger partial charge in [-0.3, -0.25) is 19.7 Å². The summed E-state index contributed by atoms with van der Waals surface area (Å²) < 4.78 is 27.2. The van der Waals surface area contributed by atoms with Gasteiger partial charge in [-0.1, -0.05) is 23.7 Å². The van der Waals surface area contributed by atoms with Crippen LogP contribution in [0.15, 0.2) is 64.1 Å². The second-order valence-corrected chi connectivity index (χ2v) is 11.8. The van der Waals surface area contributed by atoms with Crippen molar-refractivity contribution in [3.63, 3.8) is 0 Å². The Hall–Kier alpha value is -3.03. The molecule has 0 unspecified atom stereocenters. The summed E-state index contributed by atoms with van der Waals surface area (Å²) in [6, 6.07) is 12.7. The molecule has 2 aromatic heterocycles. The van der Waals surface area contributed by atoms with E-state index in [2.05, 4.69) is 10.6 Å². The van der Waals surface area contributed by atoms with E-state index in [0.717, 1.165) is 11.3 Å². The van der Waals surface area contributed by atoms with Crippen molar-refractivity contribution >= 4 is 73.1 Å². The van der Waals surface area contributed by atoms with Crippen molar-refractivity contribution < 1.29 is 23.1 Å². The van der Waals surface area contributed by atoms with E-state index >= 15 is 0 Å². The van der Waals surface area contributed by atoms with Crippen LogP contribution in [-0.4, -0.2) is 37.0 Å². The highest BCUT2D eigenvalue weighted by atomic mass is 35.5. The Balaban J connectivity index is 1.73. The van der Waals surface area contributed by atoms with Crippen LogP contribution in [0, 0.1) is 5.41 Å². The molecule has 1 aliphatic heterocycles. The number of hydrogen-bond donors (Lipinski definition) is 5. The number of para-hydroxylation sites is 2. The predicted octanol–water partition coefficient (Wildman–Crippen LogP) is 3.91. The van der Waals surface area contributed by atoms with E-state index in [9.17, 15) is 23.1 Å². The van der Waals surface area contributed by atoms with Gasteiger partial charge in [-0.25, -0.2) is 8.42 Å². The van der Waals surface area contributed by atoms with Crippen LogP contribution in [0.25, 0.3) is 0 Å². The number of sulfonamides is 1. The van der Waals surface area contributed by atoms with Crippen molar-refractivity contribution in [3.05, 3.63) is 74.0 Å². The number of aliphatic hydroxyl groups is 1. The van der Waals surface area contributed by atoms with Gasteiger partial charge in [0.05, 0.1) is 25.5 Å². The third kappa shape index (κ3) is 4.76. The second-order valence-electron chi connectivity index (χ2n) is 7.12. The minimum Gasteiger partial charge on any atom is -0.385 e. The number of thiophene rings is 2. The van der Waals surface area contributed by atoms with E-state index in [4.69, 9.17) is 17.0 Å². The highest BCUT2D eigenvalue weighted by Crippen LogP contribution is 2.35. The lowest BCUT2D eigenvalue weighted by Gasteiger charge is -2.10. The Morgan fingerprint density at radius 3 is 2.09 bits per heavy atom. The zero-order valence-corrected chi connectivity index (χ0v) is 20.6. The van der Waals surface area contributed by atoms with Crippen molar-refractivity contribution in [1.29, 1.82) is 5.41 Å². The van der Waals surface area contributed by atoms with Crippen LogP contribution < -0.4 is 15.4 Å². The lowest BCUT2D eigenvalue weighted by atomic mass is 10.0. The van der Waals surface area contributed by atoms with Crippen LogP contribution >= 0.6 is 34.3 Å². The molecule has 0 bridgehead atoms. The molecular formula is C21H17ClN4O5S3. The van der Waals surface area contributed by atoms with E-state index in [1.807, 2.05) is 4.72 Å². The summed E-state index contributed by atoms with van der Waals surface area (Å²) in [6.45, 7) is 1.24. The first kappa shape index (κ1) is 24.1. The molecule has 0 saturated heterocycles. The minimum absolute atomic E-state index is 0.00186. The largest absolute Gasteiger partial charge is 0.385 e. The number of rotatable bonds is 7. The Bertz CT molecular complexity index is 1430. The highest BCUT2D eigenvalue weighted by Gasteiger charge is 2.31. The summed E-state index contributed by atoms with van der Waals surface area (Å²) >= 11 is 7.65. The molecule has 0 aliphatic carbocycles. The van der Waals surface area contributed by atoms with E-state index < -0.39 is 33.5 Å². The maximum Gasteiger partial charge on any atom is 0.272 e. The molecule has 0 saturated carbocycles. The topological polar surface area (TPSA) is 148 Å². The number of anilines is 2. The molecule has 4 rings (SSSR count). The highest BCUT2D eigenvalue weighted by molar-refractivity contribution is 7.92. The lowest BCUT2D eigenvalue weighted by molar-refractivity contribution is 0.0965. The van der Waals surface area contributed by atoms with Crippen LogP contribution in [0.3, 0.4) is 0 Å². The number of amidine groups is 1. The normalized spacial score (nSPS) is 13.4. The summed E-state index contributed by atoms with van der Waals surface area (Å²) in [5, 5.41) is 23.0. The Morgan fingerprint density at radius 2 is 1.56 bits per heavy atom. The Labute approximate surface area is 207 Å². The van der Waals surface area contributed by atoms with Gasteiger partial charge in [-0.15, -0.1) is 22.7 Å². The number of halogens is 1. The maximum atomic E-state index is 13.5. The predicted molar refractivity (Wildman–Crippen MR) is 133 cm³/mol. The maximum absolute atomic E-state index is 13.5. The number of nitrogens with one attached hydrogen (secondary N) is 4. The molecule has 1 atom stereocenters. The number of carbonyl (C=O) groups is 2. The molecule has 176 valence electrons. The number of allylic oxidation sites excluding steroid dienone is 1. The van der Waals surface area contributed by atoms with Crippen molar-refractivity contribution in [1.82, 2.24) is 4.72 Å². The van der Waals surface area contributed by atoms with E-state index in [-0.39, 0.29) is 25.4 Å². The molecule has 9 nitrogen and oxygen atoms in total. The summed E-state index contributed by atoms with van der Waals surface area (Å²) in [5.74, 6) is -1.69. The molecule has 1 aromatic carbocycles. The second kappa shape index (κ2) is 9.31. The fraction of sp³-hybridized carbons (Fsp3) is 0.0952. The van der Waals surface area contributed by atoms with Gasteiger partial charge in [0.1, 0.15) is 27.5 Å². The SMILES string of the molecule is C[C@H](O)C(=N)NS(=O)(=O)c1ccc(C(=O)C(C(=O)c2ccc(Cl)s2)=C2Nc3ccccc3N2)s1. The fourth-order valence-corrected chi connectivity index (χ4v) is 6.32. The number of ketones is 2. The Morgan fingerprint density at radius 1 is 1.00 bits per heavy atom. The van der Waals surface area contributed by atoms with Gasteiger partial charge < -0.3 is 15.7 Å². The summed E-state index contributed by atoms with van der Waals surface area (Å²) in [6.07, 6.45) is -1.32. The molecule has 1 aliphatic rings. The standard InChI is InChI=1S/C21H17ClN4O5S3/c1-10(27)20(23)26-34(30,31)16-9-7-14(33-16)19(29)17(18(28)13-6-8-15(22)32-13)21-24-11-4-2-3-5-12(11)25-21/h2-10,24-25,27H,1H3,(H2,23,26)/t10-/m0/s1. The van der Waals surface area contributed by atoms with Gasteiger partial charge in [-0.2, -0.15) is 0 Å². The summed E-state index contributed by atoms with van der Waals surface area (Å²) in [5.41, 5.74) is 1.15. The van der Waals surface area contributed by atoms with Gasteiger partial charge in [0.2, 0.25) is 11.6 Å². The minimum atomic E-state index is -4.19. The average Bonchev–Trinajstić information content (AvgIpc) is 3.52. The molecule has 0 fully saturated rings. The molecule has 0 radical (unpaired) electrons. The van der Waals surface area contributed by atoms with Crippen molar-refractivity contribution in [2.45, 2.75) is 17.2 Å². The number of benzene rings is 1. The molecule has 13 heteroatoms. The van der Waals surface area contributed by atoms with E-state index in [0.29, 0.717) is 27.0 Å². The van der Waals surface area contributed by atoms with Gasteiger partial charge in [0.25, 0.3) is 10.0 Å². The molecule has 5 N–H and O–H groups in total. The van der Waals surface area contributed by atoms with Gasteiger partial charge in [0, 0.05) is 0 Å². The number of Topliss-reactive ketones (excluding diaryl/α,β-unsaturated/α-hetero) is 2. The van der Waals surface area contributed by atoms with Crippen LogP contribution in [0.4, 0.5) is 11.4 Å². The van der Waals surface area contributed by atoms with Crippen molar-refractivity contribution in [3.8, 4) is 0 Å². The number of fused-ring (bicyclic) bond motifs is 1. The van der Waals surface area contributed by atoms with Crippen LogP contribution in [0.5, 0.6) is 0 Å². The summed E-state index contributed by atoms with van der Waals surface area (Å²) in [4.78, 5) is 27.1. The third-order valence-electron chi connectivity index (χ3n) is 4.68. The molecular weight excluding hydrogens is 520 g/mol. The number of hydrogen-bond acceptors (Lipinski definition) is 10. The van der Waals surface area contributed by atoms with Crippen LogP contribution in [0.1, 0.15) is 26.3 Å². The zero-order chi connectivity index (χ0) is 24.6.